The Bertz CT molecular complexity index is 966. The van der Waals surface area contributed by atoms with Crippen LogP contribution in [0.25, 0.3) is 5.69 Å². The van der Waals surface area contributed by atoms with Gasteiger partial charge in [-0.05, 0) is 42.0 Å². The van der Waals surface area contributed by atoms with Crippen molar-refractivity contribution >= 4 is 29.1 Å². The molecule has 1 heterocycles. The van der Waals surface area contributed by atoms with E-state index in [0.717, 1.165) is 5.69 Å². The van der Waals surface area contributed by atoms with Crippen LogP contribution < -0.4 is 5.73 Å². The van der Waals surface area contributed by atoms with Gasteiger partial charge in [-0.3, -0.25) is 4.79 Å². The second-order valence-electron chi connectivity index (χ2n) is 5.24. The molecular weight excluding hydrogens is 361 g/mol. The van der Waals surface area contributed by atoms with Crippen LogP contribution in [0.5, 0.6) is 0 Å². The van der Waals surface area contributed by atoms with E-state index in [1.165, 1.54) is 16.9 Å². The quantitative estimate of drug-likeness (QED) is 0.761. The zero-order chi connectivity index (χ0) is 18.0. The highest BCUT2D eigenvalue weighted by atomic mass is 35.5. The SMILES string of the molecule is N#Cc1ccc(-n2ncc(Cc3c(Cl)cc(C(N)=O)cc3Cl)n2)cc1. The summed E-state index contributed by atoms with van der Waals surface area (Å²) in [4.78, 5) is 12.7. The number of benzene rings is 2. The number of hydrogen-bond donors (Lipinski definition) is 1. The Balaban J connectivity index is 1.86. The minimum atomic E-state index is -0.595. The summed E-state index contributed by atoms with van der Waals surface area (Å²) >= 11 is 12.4. The van der Waals surface area contributed by atoms with E-state index < -0.39 is 5.91 Å². The molecule has 1 amide bonds. The Kier molecular flexibility index (Phi) is 4.70. The molecule has 2 aromatic carbocycles. The Morgan fingerprint density at radius 3 is 2.40 bits per heavy atom. The molecule has 3 aromatic rings. The molecule has 0 fully saturated rings. The number of rotatable bonds is 4. The molecule has 1 aromatic heterocycles. The standard InChI is InChI=1S/C17H11Cl2N5O/c18-15-5-11(17(21)25)6-16(19)14(15)7-12-9-22-24(23-12)13-3-1-10(8-20)2-4-13/h1-6,9H,7H2,(H2,21,25). The van der Waals surface area contributed by atoms with Gasteiger partial charge < -0.3 is 5.73 Å². The lowest BCUT2D eigenvalue weighted by atomic mass is 10.1. The van der Waals surface area contributed by atoms with Gasteiger partial charge in [0, 0.05) is 22.0 Å². The van der Waals surface area contributed by atoms with Gasteiger partial charge in [0.1, 0.15) is 0 Å². The van der Waals surface area contributed by atoms with E-state index in [0.29, 0.717) is 33.3 Å². The molecule has 0 saturated heterocycles. The molecule has 0 saturated carbocycles. The lowest BCUT2D eigenvalue weighted by molar-refractivity contribution is 0.100. The lowest BCUT2D eigenvalue weighted by Gasteiger charge is -2.07. The van der Waals surface area contributed by atoms with Crippen LogP contribution in [-0.4, -0.2) is 20.9 Å². The van der Waals surface area contributed by atoms with Gasteiger partial charge >= 0.3 is 0 Å². The predicted octanol–water partition coefficient (Wildman–Crippen LogP) is 3.14. The summed E-state index contributed by atoms with van der Waals surface area (Å²) in [5.74, 6) is -0.595. The fourth-order valence-corrected chi connectivity index (χ4v) is 2.89. The summed E-state index contributed by atoms with van der Waals surface area (Å²) in [6.45, 7) is 0. The molecule has 0 atom stereocenters. The van der Waals surface area contributed by atoms with Crippen molar-refractivity contribution in [1.82, 2.24) is 15.0 Å². The van der Waals surface area contributed by atoms with Gasteiger partial charge in [-0.2, -0.15) is 20.3 Å². The van der Waals surface area contributed by atoms with Crippen LogP contribution in [0.1, 0.15) is 27.2 Å². The van der Waals surface area contributed by atoms with Crippen molar-refractivity contribution in [2.75, 3.05) is 0 Å². The number of nitrogens with two attached hydrogens (primary N) is 1. The van der Waals surface area contributed by atoms with Crippen LogP contribution in [-0.2, 0) is 6.42 Å². The fourth-order valence-electron chi connectivity index (χ4n) is 2.26. The maximum absolute atomic E-state index is 11.2. The first kappa shape index (κ1) is 17.0. The van der Waals surface area contributed by atoms with E-state index in [1.807, 2.05) is 0 Å². The topological polar surface area (TPSA) is 97.6 Å². The molecule has 6 nitrogen and oxygen atoms in total. The second-order valence-corrected chi connectivity index (χ2v) is 6.06. The van der Waals surface area contributed by atoms with Crippen molar-refractivity contribution in [3.8, 4) is 11.8 Å². The van der Waals surface area contributed by atoms with Gasteiger partial charge in [0.25, 0.3) is 0 Å². The van der Waals surface area contributed by atoms with Crippen molar-refractivity contribution in [3.05, 3.63) is 75.0 Å². The molecule has 124 valence electrons. The fraction of sp³-hybridized carbons (Fsp3) is 0.0588. The number of halogens is 2. The van der Waals surface area contributed by atoms with Crippen LogP contribution in [0.3, 0.4) is 0 Å². The van der Waals surface area contributed by atoms with Gasteiger partial charge in [-0.1, -0.05) is 23.2 Å². The van der Waals surface area contributed by atoms with Crippen molar-refractivity contribution in [2.24, 2.45) is 5.73 Å². The Labute approximate surface area is 153 Å². The van der Waals surface area contributed by atoms with E-state index in [4.69, 9.17) is 34.2 Å². The maximum Gasteiger partial charge on any atom is 0.248 e. The number of nitriles is 1. The van der Waals surface area contributed by atoms with Crippen molar-refractivity contribution < 1.29 is 4.79 Å². The largest absolute Gasteiger partial charge is 0.366 e. The van der Waals surface area contributed by atoms with Crippen molar-refractivity contribution in [2.45, 2.75) is 6.42 Å². The number of aromatic nitrogens is 3. The number of primary amides is 1. The molecule has 0 aliphatic heterocycles. The summed E-state index contributed by atoms with van der Waals surface area (Å²) in [5, 5.41) is 18.1. The van der Waals surface area contributed by atoms with Crippen molar-refractivity contribution in [1.29, 1.82) is 5.26 Å². The molecule has 0 spiro atoms. The third kappa shape index (κ3) is 3.63. The van der Waals surface area contributed by atoms with Crippen LogP contribution in [0, 0.1) is 11.3 Å². The average molecular weight is 372 g/mol. The first-order valence-corrected chi connectivity index (χ1v) is 7.93. The molecule has 8 heteroatoms. The zero-order valence-corrected chi connectivity index (χ0v) is 14.3. The Morgan fingerprint density at radius 1 is 1.20 bits per heavy atom. The van der Waals surface area contributed by atoms with Gasteiger partial charge in [0.2, 0.25) is 5.91 Å². The normalized spacial score (nSPS) is 10.4. The molecule has 2 N–H and O–H groups in total. The molecule has 25 heavy (non-hydrogen) atoms. The highest BCUT2D eigenvalue weighted by Gasteiger charge is 2.13. The minimum absolute atomic E-state index is 0.250. The molecular formula is C17H11Cl2N5O. The van der Waals surface area contributed by atoms with E-state index in [2.05, 4.69) is 16.3 Å². The van der Waals surface area contributed by atoms with E-state index in [-0.39, 0.29) is 5.56 Å². The van der Waals surface area contributed by atoms with E-state index in [1.54, 1.807) is 30.5 Å². The summed E-state index contributed by atoms with van der Waals surface area (Å²) in [6.07, 6.45) is 1.96. The summed E-state index contributed by atoms with van der Waals surface area (Å²) in [6, 6.07) is 11.9. The molecule has 0 bridgehead atoms. The number of carbonyl (C=O) groups is 1. The number of amides is 1. The third-order valence-corrected chi connectivity index (χ3v) is 4.22. The van der Waals surface area contributed by atoms with Crippen molar-refractivity contribution in [3.63, 3.8) is 0 Å². The van der Waals surface area contributed by atoms with Gasteiger partial charge in [-0.25, -0.2) is 0 Å². The molecule has 0 aliphatic rings. The Morgan fingerprint density at radius 2 is 1.84 bits per heavy atom. The zero-order valence-electron chi connectivity index (χ0n) is 12.8. The summed E-state index contributed by atoms with van der Waals surface area (Å²) in [7, 11) is 0. The van der Waals surface area contributed by atoms with Gasteiger partial charge in [0.15, 0.2) is 0 Å². The predicted molar refractivity (Wildman–Crippen MR) is 93.9 cm³/mol. The molecule has 0 radical (unpaired) electrons. The third-order valence-electron chi connectivity index (χ3n) is 3.55. The summed E-state index contributed by atoms with van der Waals surface area (Å²) in [5.41, 5.74) is 8.07. The summed E-state index contributed by atoms with van der Waals surface area (Å²) < 4.78 is 0. The Hall–Kier alpha value is -2.88. The molecule has 3 rings (SSSR count). The number of carbonyl (C=O) groups excluding carboxylic acids is 1. The van der Waals surface area contributed by atoms with Crippen LogP contribution in [0.4, 0.5) is 0 Å². The van der Waals surface area contributed by atoms with Gasteiger partial charge in [0.05, 0.1) is 29.2 Å². The minimum Gasteiger partial charge on any atom is -0.366 e. The molecule has 0 aliphatic carbocycles. The van der Waals surface area contributed by atoms with Gasteiger partial charge in [-0.15, -0.1) is 0 Å². The maximum atomic E-state index is 11.2. The monoisotopic (exact) mass is 371 g/mol. The van der Waals surface area contributed by atoms with E-state index >= 15 is 0 Å². The highest BCUT2D eigenvalue weighted by Crippen LogP contribution is 2.28. The number of hydrogen-bond acceptors (Lipinski definition) is 4. The van der Waals surface area contributed by atoms with Crippen LogP contribution >= 0.6 is 23.2 Å². The van der Waals surface area contributed by atoms with Crippen LogP contribution in [0.2, 0.25) is 10.0 Å². The first-order chi connectivity index (χ1) is 12.0. The molecule has 0 unspecified atom stereocenters. The lowest BCUT2D eigenvalue weighted by Crippen LogP contribution is -2.11. The second kappa shape index (κ2) is 6.93. The van der Waals surface area contributed by atoms with Crippen LogP contribution in [0.15, 0.2) is 42.6 Å². The average Bonchev–Trinajstić information content (AvgIpc) is 3.06. The first-order valence-electron chi connectivity index (χ1n) is 7.17. The van der Waals surface area contributed by atoms with E-state index in [9.17, 15) is 4.79 Å². The smallest absolute Gasteiger partial charge is 0.248 e. The number of nitrogens with zero attached hydrogens (tertiary/aromatic N) is 4. The highest BCUT2D eigenvalue weighted by molar-refractivity contribution is 6.36.